The van der Waals surface area contributed by atoms with Crippen LogP contribution in [0.1, 0.15) is 61.8 Å². The second-order valence-corrected chi connectivity index (χ2v) is 10.7. The number of pyridine rings is 2. The van der Waals surface area contributed by atoms with Gasteiger partial charge in [0.2, 0.25) is 5.15 Å². The maximum atomic E-state index is 13.8. The SMILES string of the molecule is Cc1ncc(F)cc1-c1ccc(NC(=O)[C@@H](NC(=O)c2ccnn2C(C)C)C(C2CC2)C2CC2)[nH+]c1Cl. The number of nitrogens with one attached hydrogen (secondary N) is 3. The Morgan fingerprint density at radius 2 is 1.84 bits per heavy atom. The minimum Gasteiger partial charge on any atom is -0.337 e. The summed E-state index contributed by atoms with van der Waals surface area (Å²) in [6.45, 7) is 5.68. The van der Waals surface area contributed by atoms with Gasteiger partial charge in [-0.1, -0.05) is 0 Å². The zero-order valence-corrected chi connectivity index (χ0v) is 21.8. The van der Waals surface area contributed by atoms with Crippen molar-refractivity contribution in [3.8, 4) is 11.1 Å². The van der Waals surface area contributed by atoms with Crippen LogP contribution in [-0.2, 0) is 4.79 Å². The Morgan fingerprint density at radius 3 is 2.46 bits per heavy atom. The van der Waals surface area contributed by atoms with Gasteiger partial charge in [-0.3, -0.25) is 14.5 Å². The van der Waals surface area contributed by atoms with Crippen LogP contribution in [0.5, 0.6) is 0 Å². The molecule has 0 aromatic carbocycles. The van der Waals surface area contributed by atoms with Crippen LogP contribution in [0.3, 0.4) is 0 Å². The van der Waals surface area contributed by atoms with E-state index in [0.717, 1.165) is 31.9 Å². The minimum atomic E-state index is -0.690. The molecule has 2 aliphatic carbocycles. The van der Waals surface area contributed by atoms with Gasteiger partial charge in [-0.05, 0) is 94.0 Å². The van der Waals surface area contributed by atoms with Crippen LogP contribution >= 0.6 is 11.6 Å². The van der Waals surface area contributed by atoms with E-state index < -0.39 is 11.9 Å². The van der Waals surface area contributed by atoms with Crippen LogP contribution in [0.2, 0.25) is 5.15 Å². The first-order valence-corrected chi connectivity index (χ1v) is 13.1. The zero-order chi connectivity index (χ0) is 26.3. The first-order valence-electron chi connectivity index (χ1n) is 12.7. The fourth-order valence-electron chi connectivity index (χ4n) is 5.09. The van der Waals surface area contributed by atoms with Gasteiger partial charge in [0.05, 0.1) is 6.20 Å². The zero-order valence-electron chi connectivity index (χ0n) is 21.1. The maximum absolute atomic E-state index is 13.8. The van der Waals surface area contributed by atoms with Crippen LogP contribution in [0, 0.1) is 30.5 Å². The summed E-state index contributed by atoms with van der Waals surface area (Å²) in [6, 6.07) is 5.76. The summed E-state index contributed by atoms with van der Waals surface area (Å²) in [7, 11) is 0. The normalized spacial score (nSPS) is 16.2. The molecule has 0 radical (unpaired) electrons. The van der Waals surface area contributed by atoms with E-state index in [4.69, 9.17) is 11.6 Å². The van der Waals surface area contributed by atoms with Crippen molar-refractivity contribution in [3.63, 3.8) is 0 Å². The molecular weight excluding hydrogens is 495 g/mol. The number of rotatable bonds is 9. The molecule has 3 N–H and O–H groups in total. The van der Waals surface area contributed by atoms with Crippen LogP contribution in [0.4, 0.5) is 10.2 Å². The average Bonchev–Trinajstić information content (AvgIpc) is 3.80. The Labute approximate surface area is 220 Å². The quantitative estimate of drug-likeness (QED) is 0.398. The average molecular weight is 526 g/mol. The molecule has 37 heavy (non-hydrogen) atoms. The fourth-order valence-corrected chi connectivity index (χ4v) is 5.35. The molecule has 3 aromatic heterocycles. The smallest absolute Gasteiger partial charge is 0.330 e. The highest BCUT2D eigenvalue weighted by Crippen LogP contribution is 2.51. The summed E-state index contributed by atoms with van der Waals surface area (Å²) in [5.74, 6) is 0.250. The van der Waals surface area contributed by atoms with Gasteiger partial charge in [-0.25, -0.2) is 19.5 Å². The predicted molar refractivity (Wildman–Crippen MR) is 137 cm³/mol. The van der Waals surface area contributed by atoms with E-state index in [1.165, 1.54) is 6.07 Å². The molecule has 2 amide bonds. The lowest BCUT2D eigenvalue weighted by molar-refractivity contribution is -0.357. The molecule has 10 heteroatoms. The monoisotopic (exact) mass is 525 g/mol. The molecule has 194 valence electrons. The Bertz CT molecular complexity index is 1320. The lowest BCUT2D eigenvalue weighted by Gasteiger charge is -2.25. The summed E-state index contributed by atoms with van der Waals surface area (Å²) in [5, 5.41) is 10.5. The topological polar surface area (TPSA) is 103 Å². The molecule has 0 bridgehead atoms. The number of aryl methyl sites for hydroxylation is 1. The van der Waals surface area contributed by atoms with Crippen molar-refractivity contribution >= 4 is 29.2 Å². The van der Waals surface area contributed by atoms with E-state index in [9.17, 15) is 14.0 Å². The number of hydrogen-bond donors (Lipinski definition) is 2. The number of amides is 2. The van der Waals surface area contributed by atoms with Crippen LogP contribution in [-0.4, -0.2) is 32.6 Å². The van der Waals surface area contributed by atoms with Gasteiger partial charge >= 0.3 is 5.91 Å². The molecule has 0 unspecified atom stereocenters. The van der Waals surface area contributed by atoms with Crippen LogP contribution < -0.4 is 15.6 Å². The number of aromatic nitrogens is 4. The summed E-state index contributed by atoms with van der Waals surface area (Å²) >= 11 is 6.50. The minimum absolute atomic E-state index is 0.0119. The van der Waals surface area contributed by atoms with Gasteiger partial charge in [0.25, 0.3) is 11.7 Å². The highest BCUT2D eigenvalue weighted by molar-refractivity contribution is 6.31. The number of H-pyrrole nitrogens is 1. The molecule has 3 aromatic rings. The number of nitrogens with zero attached hydrogens (tertiary/aromatic N) is 3. The summed E-state index contributed by atoms with van der Waals surface area (Å²) in [6.07, 6.45) is 7.02. The summed E-state index contributed by atoms with van der Waals surface area (Å²) in [5.41, 5.74) is 2.20. The molecule has 2 saturated carbocycles. The van der Waals surface area contributed by atoms with E-state index in [1.807, 2.05) is 13.8 Å². The Morgan fingerprint density at radius 1 is 1.14 bits per heavy atom. The van der Waals surface area contributed by atoms with Gasteiger partial charge in [-0.15, -0.1) is 0 Å². The van der Waals surface area contributed by atoms with E-state index in [2.05, 4.69) is 25.7 Å². The number of anilines is 1. The number of carbonyl (C=O) groups excluding carboxylic acids is 2. The van der Waals surface area contributed by atoms with Crippen molar-refractivity contribution in [2.45, 2.75) is 58.5 Å². The van der Waals surface area contributed by atoms with Crippen LogP contribution in [0.25, 0.3) is 11.1 Å². The highest BCUT2D eigenvalue weighted by Gasteiger charge is 2.49. The lowest BCUT2D eigenvalue weighted by atomic mass is 9.88. The molecule has 0 spiro atoms. The van der Waals surface area contributed by atoms with Crippen molar-refractivity contribution in [2.75, 3.05) is 5.32 Å². The largest absolute Gasteiger partial charge is 0.337 e. The third kappa shape index (κ3) is 5.51. The molecule has 5 rings (SSSR count). The van der Waals surface area contributed by atoms with Gasteiger partial charge in [0.15, 0.2) is 0 Å². The third-order valence-corrected chi connectivity index (χ3v) is 7.48. The first kappa shape index (κ1) is 25.3. The number of aromatic amines is 1. The van der Waals surface area contributed by atoms with E-state index >= 15 is 0 Å². The number of halogens is 2. The molecule has 1 atom stereocenters. The van der Waals surface area contributed by atoms with E-state index in [-0.39, 0.29) is 28.9 Å². The molecule has 2 aliphatic rings. The second kappa shape index (κ2) is 10.2. The van der Waals surface area contributed by atoms with Crippen LogP contribution in [0.15, 0.2) is 36.7 Å². The van der Waals surface area contributed by atoms with Crippen molar-refractivity contribution in [2.24, 2.45) is 17.8 Å². The molecule has 3 heterocycles. The van der Waals surface area contributed by atoms with E-state index in [0.29, 0.717) is 40.2 Å². The molecule has 8 nitrogen and oxygen atoms in total. The Hall–Kier alpha value is -3.33. The molecule has 0 aliphatic heterocycles. The van der Waals surface area contributed by atoms with Gasteiger partial charge in [0, 0.05) is 35.1 Å². The van der Waals surface area contributed by atoms with Crippen molar-refractivity contribution in [1.82, 2.24) is 20.1 Å². The van der Waals surface area contributed by atoms with Crippen molar-refractivity contribution in [3.05, 3.63) is 59.0 Å². The molecular formula is C27H31ClFN6O2+. The third-order valence-electron chi connectivity index (χ3n) is 7.18. The maximum Gasteiger partial charge on any atom is 0.330 e. The van der Waals surface area contributed by atoms with E-state index in [1.54, 1.807) is 36.0 Å². The highest BCUT2D eigenvalue weighted by atomic mass is 35.5. The van der Waals surface area contributed by atoms with Gasteiger partial charge in [0.1, 0.15) is 17.6 Å². The van der Waals surface area contributed by atoms with Gasteiger partial charge in [-0.2, -0.15) is 5.10 Å². The van der Waals surface area contributed by atoms with Crippen molar-refractivity contribution in [1.29, 1.82) is 0 Å². The lowest BCUT2D eigenvalue weighted by Crippen LogP contribution is -2.50. The second-order valence-electron chi connectivity index (χ2n) is 10.3. The molecule has 2 fully saturated rings. The number of hydrogen-bond acceptors (Lipinski definition) is 4. The fraction of sp³-hybridized carbons (Fsp3) is 0.444. The van der Waals surface area contributed by atoms with Gasteiger partial charge < -0.3 is 5.32 Å². The summed E-state index contributed by atoms with van der Waals surface area (Å²) in [4.78, 5) is 34.0. The Balaban J connectivity index is 1.39. The first-order chi connectivity index (χ1) is 17.7. The number of carbonyl (C=O) groups is 2. The summed E-state index contributed by atoms with van der Waals surface area (Å²) < 4.78 is 15.4. The standard InChI is InChI=1S/C27H30ClFN6O2/c1-14(2)35-21(10-11-31-35)26(36)34-24(23(16-4-5-16)17-6-7-17)27(37)33-22-9-8-19(25(28)32-22)20-12-18(29)13-30-15(20)3/h8-14,16-17,23-24H,4-7H2,1-3H3,(H,34,36)(H,32,33,37)/p+1/t24-/m0/s1. The van der Waals surface area contributed by atoms with Crippen molar-refractivity contribution < 1.29 is 19.0 Å². The molecule has 0 saturated heterocycles. The predicted octanol–water partition coefficient (Wildman–Crippen LogP) is 4.61. The Kier molecular flexibility index (Phi) is 6.98.